The summed E-state index contributed by atoms with van der Waals surface area (Å²) in [4.78, 5) is 14.5. The van der Waals surface area contributed by atoms with Crippen LogP contribution in [0.2, 0.25) is 0 Å². The van der Waals surface area contributed by atoms with Gasteiger partial charge in [0.25, 0.3) is 0 Å². The minimum atomic E-state index is -4.32. The molecule has 142 valence electrons. The lowest BCUT2D eigenvalue weighted by Crippen LogP contribution is -2.44. The second-order valence-corrected chi connectivity index (χ2v) is 6.65. The highest BCUT2D eigenvalue weighted by Gasteiger charge is 2.30. The summed E-state index contributed by atoms with van der Waals surface area (Å²) in [7, 11) is 1.91. The van der Waals surface area contributed by atoms with Crippen molar-refractivity contribution < 1.29 is 18.0 Å². The maximum absolute atomic E-state index is 12.6. The van der Waals surface area contributed by atoms with Crippen molar-refractivity contribution in [2.45, 2.75) is 32.4 Å². The number of halogens is 4. The van der Waals surface area contributed by atoms with Gasteiger partial charge in [0.05, 0.1) is 5.56 Å². The second kappa shape index (κ2) is 9.43. The molecule has 1 saturated heterocycles. The fraction of sp³-hybridized carbons (Fsp3) is 0.611. The zero-order valence-electron chi connectivity index (χ0n) is 14.6. The van der Waals surface area contributed by atoms with Gasteiger partial charge in [-0.05, 0) is 56.5 Å². The molecule has 2 rings (SSSR count). The van der Waals surface area contributed by atoms with E-state index >= 15 is 0 Å². The van der Waals surface area contributed by atoms with Crippen molar-refractivity contribution in [1.82, 2.24) is 10.2 Å². The van der Waals surface area contributed by atoms with Gasteiger partial charge in [-0.2, -0.15) is 13.2 Å². The van der Waals surface area contributed by atoms with Crippen molar-refractivity contribution in [3.05, 3.63) is 35.4 Å². The maximum atomic E-state index is 12.6. The lowest BCUT2D eigenvalue weighted by Gasteiger charge is -2.34. The SMILES string of the molecule is CNCC1CCCN(C(=O)C(C)Cc2ccc(C(F)(F)F)cc2)C1.Cl. The summed E-state index contributed by atoms with van der Waals surface area (Å²) in [5.41, 5.74) is 0.101. The summed E-state index contributed by atoms with van der Waals surface area (Å²) in [6, 6.07) is 5.09. The van der Waals surface area contributed by atoms with E-state index in [4.69, 9.17) is 0 Å². The predicted molar refractivity (Wildman–Crippen MR) is 94.8 cm³/mol. The Hall–Kier alpha value is -1.27. The van der Waals surface area contributed by atoms with Crippen molar-refractivity contribution in [1.29, 1.82) is 0 Å². The van der Waals surface area contributed by atoms with Crippen LogP contribution >= 0.6 is 12.4 Å². The van der Waals surface area contributed by atoms with Crippen LogP contribution in [0.25, 0.3) is 0 Å². The first-order valence-electron chi connectivity index (χ1n) is 8.40. The minimum Gasteiger partial charge on any atom is -0.342 e. The number of hydrogen-bond acceptors (Lipinski definition) is 2. The molecule has 1 aromatic carbocycles. The van der Waals surface area contributed by atoms with E-state index in [1.54, 1.807) is 0 Å². The number of amides is 1. The normalized spacial score (nSPS) is 19.2. The van der Waals surface area contributed by atoms with Gasteiger partial charge < -0.3 is 10.2 Å². The van der Waals surface area contributed by atoms with E-state index in [1.807, 2.05) is 18.9 Å². The van der Waals surface area contributed by atoms with E-state index in [0.717, 1.165) is 50.2 Å². The average Bonchev–Trinajstić information content (AvgIpc) is 2.54. The van der Waals surface area contributed by atoms with Crippen molar-refractivity contribution in [3.8, 4) is 0 Å². The molecule has 1 aromatic rings. The quantitative estimate of drug-likeness (QED) is 0.846. The molecule has 3 nitrogen and oxygen atoms in total. The average molecular weight is 379 g/mol. The molecular formula is C18H26ClF3N2O. The third-order valence-electron chi connectivity index (χ3n) is 4.57. The Morgan fingerprint density at radius 3 is 2.52 bits per heavy atom. The molecule has 0 spiro atoms. The Morgan fingerprint density at radius 2 is 1.96 bits per heavy atom. The van der Waals surface area contributed by atoms with Gasteiger partial charge in [0.15, 0.2) is 0 Å². The number of alkyl halides is 3. The van der Waals surface area contributed by atoms with E-state index in [0.29, 0.717) is 12.3 Å². The zero-order valence-corrected chi connectivity index (χ0v) is 15.4. The van der Waals surface area contributed by atoms with Gasteiger partial charge in [0.2, 0.25) is 5.91 Å². The maximum Gasteiger partial charge on any atom is 0.416 e. The van der Waals surface area contributed by atoms with Crippen molar-refractivity contribution in [3.63, 3.8) is 0 Å². The number of hydrogen-bond donors (Lipinski definition) is 1. The summed E-state index contributed by atoms with van der Waals surface area (Å²) in [6.07, 6.45) is -1.73. The number of nitrogens with zero attached hydrogens (tertiary/aromatic N) is 1. The minimum absolute atomic E-state index is 0. The Balaban J connectivity index is 0.00000312. The highest BCUT2D eigenvalue weighted by molar-refractivity contribution is 5.85. The van der Waals surface area contributed by atoms with Crippen LogP contribution in [0.1, 0.15) is 30.9 Å². The largest absolute Gasteiger partial charge is 0.416 e. The molecule has 0 aliphatic carbocycles. The first-order chi connectivity index (χ1) is 11.3. The fourth-order valence-corrected chi connectivity index (χ4v) is 3.30. The molecule has 1 fully saturated rings. The fourth-order valence-electron chi connectivity index (χ4n) is 3.30. The summed E-state index contributed by atoms with van der Waals surface area (Å²) >= 11 is 0. The number of rotatable bonds is 5. The first kappa shape index (κ1) is 21.8. The number of nitrogens with one attached hydrogen (secondary N) is 1. The van der Waals surface area contributed by atoms with E-state index in [-0.39, 0.29) is 24.2 Å². The number of benzene rings is 1. The van der Waals surface area contributed by atoms with Crippen LogP contribution in [-0.2, 0) is 17.4 Å². The Bertz CT molecular complexity index is 546. The number of carbonyl (C=O) groups is 1. The van der Waals surface area contributed by atoms with Crippen molar-refractivity contribution in [2.75, 3.05) is 26.7 Å². The Morgan fingerprint density at radius 1 is 1.32 bits per heavy atom. The molecule has 1 aliphatic rings. The van der Waals surface area contributed by atoms with Crippen LogP contribution in [0.15, 0.2) is 24.3 Å². The molecule has 25 heavy (non-hydrogen) atoms. The highest BCUT2D eigenvalue weighted by atomic mass is 35.5. The smallest absolute Gasteiger partial charge is 0.342 e. The lowest BCUT2D eigenvalue weighted by molar-refractivity contribution is -0.138. The Labute approximate surface area is 153 Å². The molecule has 7 heteroatoms. The zero-order chi connectivity index (χ0) is 17.7. The summed E-state index contributed by atoms with van der Waals surface area (Å²) in [5.74, 6) is 0.344. The van der Waals surface area contributed by atoms with E-state index in [9.17, 15) is 18.0 Å². The summed E-state index contributed by atoms with van der Waals surface area (Å²) in [5, 5.41) is 3.15. The van der Waals surface area contributed by atoms with E-state index < -0.39 is 11.7 Å². The van der Waals surface area contributed by atoms with Gasteiger partial charge in [-0.3, -0.25) is 4.79 Å². The summed E-state index contributed by atoms with van der Waals surface area (Å²) in [6.45, 7) is 4.28. The topological polar surface area (TPSA) is 32.3 Å². The lowest BCUT2D eigenvalue weighted by atomic mass is 9.94. The molecule has 0 bridgehead atoms. The molecule has 1 N–H and O–H groups in total. The third kappa shape index (κ3) is 6.19. The Kier molecular flexibility index (Phi) is 8.22. The number of likely N-dealkylation sites (tertiary alicyclic amines) is 1. The van der Waals surface area contributed by atoms with Gasteiger partial charge in [0.1, 0.15) is 0 Å². The summed E-state index contributed by atoms with van der Waals surface area (Å²) < 4.78 is 37.8. The van der Waals surface area contributed by atoms with Gasteiger partial charge in [-0.25, -0.2) is 0 Å². The first-order valence-corrected chi connectivity index (χ1v) is 8.40. The van der Waals surface area contributed by atoms with Crippen LogP contribution < -0.4 is 5.32 Å². The number of carbonyl (C=O) groups excluding carboxylic acids is 1. The van der Waals surface area contributed by atoms with E-state index in [1.165, 1.54) is 12.1 Å². The number of piperidine rings is 1. The van der Waals surface area contributed by atoms with Crippen LogP contribution in [0, 0.1) is 11.8 Å². The molecule has 2 unspecified atom stereocenters. The van der Waals surface area contributed by atoms with Crippen LogP contribution in [0.3, 0.4) is 0 Å². The van der Waals surface area contributed by atoms with E-state index in [2.05, 4.69) is 5.32 Å². The predicted octanol–water partition coefficient (Wildman–Crippen LogP) is 3.76. The van der Waals surface area contributed by atoms with Crippen LogP contribution in [-0.4, -0.2) is 37.5 Å². The van der Waals surface area contributed by atoms with Gasteiger partial charge in [-0.15, -0.1) is 12.4 Å². The van der Waals surface area contributed by atoms with Gasteiger partial charge >= 0.3 is 6.18 Å². The van der Waals surface area contributed by atoms with Crippen molar-refractivity contribution in [2.24, 2.45) is 11.8 Å². The monoisotopic (exact) mass is 378 g/mol. The van der Waals surface area contributed by atoms with Gasteiger partial charge in [-0.1, -0.05) is 19.1 Å². The molecule has 0 radical (unpaired) electrons. The highest BCUT2D eigenvalue weighted by Crippen LogP contribution is 2.29. The molecule has 0 aromatic heterocycles. The molecule has 1 heterocycles. The van der Waals surface area contributed by atoms with Gasteiger partial charge in [0, 0.05) is 19.0 Å². The molecule has 2 atom stereocenters. The van der Waals surface area contributed by atoms with Crippen LogP contribution in [0.4, 0.5) is 13.2 Å². The molecule has 1 amide bonds. The van der Waals surface area contributed by atoms with Crippen molar-refractivity contribution >= 4 is 18.3 Å². The third-order valence-corrected chi connectivity index (χ3v) is 4.57. The second-order valence-electron chi connectivity index (χ2n) is 6.65. The molecule has 1 aliphatic heterocycles. The van der Waals surface area contributed by atoms with Crippen LogP contribution in [0.5, 0.6) is 0 Å². The standard InChI is InChI=1S/C18H25F3N2O.ClH/c1-13(10-14-5-7-16(8-6-14)18(19,20)21)17(24)23-9-3-4-15(12-23)11-22-2;/h5-8,13,15,22H,3-4,9-12H2,1-2H3;1H. The molecular weight excluding hydrogens is 353 g/mol. The molecule has 0 saturated carbocycles.